The number of hydrogen-bond donors (Lipinski definition) is 1. The topological polar surface area (TPSA) is 29.1 Å². The molecule has 1 aromatic rings. The van der Waals surface area contributed by atoms with Crippen molar-refractivity contribution in [3.63, 3.8) is 0 Å². The van der Waals surface area contributed by atoms with Crippen molar-refractivity contribution in [2.24, 2.45) is 0 Å². The van der Waals surface area contributed by atoms with Crippen molar-refractivity contribution in [2.75, 3.05) is 5.32 Å². The van der Waals surface area contributed by atoms with E-state index in [2.05, 4.69) is 12.2 Å². The minimum absolute atomic E-state index is 0.0956. The Morgan fingerprint density at radius 2 is 2.00 bits per heavy atom. The largest absolute Gasteiger partial charge is 0.326 e. The van der Waals surface area contributed by atoms with Crippen LogP contribution in [0.5, 0.6) is 0 Å². The first-order chi connectivity index (χ1) is 8.76. The van der Waals surface area contributed by atoms with Crippen LogP contribution >= 0.6 is 11.6 Å². The molecule has 0 aliphatic carbocycles. The van der Waals surface area contributed by atoms with Crippen molar-refractivity contribution in [3.05, 3.63) is 29.8 Å². The predicted molar refractivity (Wildman–Crippen MR) is 78.0 cm³/mol. The van der Waals surface area contributed by atoms with Gasteiger partial charge in [-0.05, 0) is 24.1 Å². The molecule has 0 heterocycles. The van der Waals surface area contributed by atoms with E-state index >= 15 is 0 Å². The molecule has 0 bridgehead atoms. The van der Waals surface area contributed by atoms with Gasteiger partial charge in [0.15, 0.2) is 0 Å². The smallest absolute Gasteiger partial charge is 0.224 e. The molecule has 3 heteroatoms. The summed E-state index contributed by atoms with van der Waals surface area (Å²) < 4.78 is 0. The van der Waals surface area contributed by atoms with E-state index in [1.54, 1.807) is 0 Å². The molecular weight excluding hydrogens is 246 g/mol. The second kappa shape index (κ2) is 8.98. The lowest BCUT2D eigenvalue weighted by atomic mass is 10.1. The van der Waals surface area contributed by atoms with Crippen molar-refractivity contribution in [1.29, 1.82) is 0 Å². The number of hydrogen-bond acceptors (Lipinski definition) is 1. The molecule has 2 nitrogen and oxygen atoms in total. The predicted octanol–water partition coefficient (Wildman–Crippen LogP) is 4.72. The molecule has 0 aliphatic rings. The molecule has 0 radical (unpaired) electrons. The first-order valence-corrected chi connectivity index (χ1v) is 7.24. The average molecular weight is 268 g/mol. The van der Waals surface area contributed by atoms with Gasteiger partial charge in [-0.25, -0.2) is 0 Å². The fourth-order valence-corrected chi connectivity index (χ4v) is 2.01. The van der Waals surface area contributed by atoms with Gasteiger partial charge in [-0.1, -0.05) is 44.7 Å². The van der Waals surface area contributed by atoms with E-state index in [0.29, 0.717) is 12.3 Å². The van der Waals surface area contributed by atoms with Gasteiger partial charge in [0, 0.05) is 18.0 Å². The summed E-state index contributed by atoms with van der Waals surface area (Å²) in [6.45, 7) is 2.19. The van der Waals surface area contributed by atoms with Gasteiger partial charge in [-0.15, -0.1) is 11.6 Å². The number of unbranched alkanes of at least 4 members (excludes halogenated alkanes) is 4. The molecule has 0 atom stereocenters. The Labute approximate surface area is 115 Å². The summed E-state index contributed by atoms with van der Waals surface area (Å²) in [5.41, 5.74) is 1.86. The van der Waals surface area contributed by atoms with Crippen molar-refractivity contribution in [1.82, 2.24) is 0 Å². The number of carbonyl (C=O) groups is 1. The van der Waals surface area contributed by atoms with Crippen LogP contribution in [0, 0.1) is 0 Å². The highest BCUT2D eigenvalue weighted by Crippen LogP contribution is 2.13. The average Bonchev–Trinajstić information content (AvgIpc) is 2.38. The molecular formula is C15H22ClNO. The molecule has 0 aromatic heterocycles. The molecule has 0 fully saturated rings. The zero-order chi connectivity index (χ0) is 13.2. The van der Waals surface area contributed by atoms with Crippen LogP contribution in [0.1, 0.15) is 51.0 Å². The molecule has 0 unspecified atom stereocenters. The molecule has 100 valence electrons. The first-order valence-electron chi connectivity index (χ1n) is 6.71. The Kier molecular flexibility index (Phi) is 7.51. The number of anilines is 1. The maximum atomic E-state index is 11.7. The summed E-state index contributed by atoms with van der Waals surface area (Å²) in [7, 11) is 0. The Bertz CT molecular complexity index is 365. The van der Waals surface area contributed by atoms with E-state index in [4.69, 9.17) is 11.6 Å². The molecule has 1 N–H and O–H groups in total. The van der Waals surface area contributed by atoms with Gasteiger partial charge in [0.25, 0.3) is 0 Å². The van der Waals surface area contributed by atoms with Crippen LogP contribution in [0.4, 0.5) is 5.69 Å². The molecule has 1 amide bonds. The second-order valence-corrected chi connectivity index (χ2v) is 4.81. The second-order valence-electron chi connectivity index (χ2n) is 4.55. The normalized spacial score (nSPS) is 10.3. The Morgan fingerprint density at radius 1 is 1.22 bits per heavy atom. The number of rotatable bonds is 8. The van der Waals surface area contributed by atoms with E-state index in [0.717, 1.165) is 24.1 Å². The fourth-order valence-electron chi connectivity index (χ4n) is 1.84. The number of halogens is 1. The molecule has 18 heavy (non-hydrogen) atoms. The third-order valence-corrected chi connectivity index (χ3v) is 3.18. The lowest BCUT2D eigenvalue weighted by molar-refractivity contribution is -0.116. The monoisotopic (exact) mass is 267 g/mol. The highest BCUT2D eigenvalue weighted by Gasteiger charge is 2.02. The number of nitrogens with one attached hydrogen (secondary N) is 1. The van der Waals surface area contributed by atoms with Crippen LogP contribution in [-0.4, -0.2) is 5.91 Å². The first kappa shape index (κ1) is 15.0. The van der Waals surface area contributed by atoms with Crippen LogP contribution in [0.25, 0.3) is 0 Å². The number of carbonyl (C=O) groups excluding carboxylic acids is 1. The van der Waals surface area contributed by atoms with Crippen molar-refractivity contribution >= 4 is 23.2 Å². The van der Waals surface area contributed by atoms with Gasteiger partial charge in [0.1, 0.15) is 0 Å². The summed E-state index contributed by atoms with van der Waals surface area (Å²) in [4.78, 5) is 11.7. The minimum atomic E-state index is 0.0956. The summed E-state index contributed by atoms with van der Waals surface area (Å²) in [5, 5.41) is 2.91. The van der Waals surface area contributed by atoms with Gasteiger partial charge in [-0.2, -0.15) is 0 Å². The third-order valence-electron chi connectivity index (χ3n) is 2.87. The minimum Gasteiger partial charge on any atom is -0.326 e. The zero-order valence-corrected chi connectivity index (χ0v) is 11.8. The molecule has 0 saturated heterocycles. The van der Waals surface area contributed by atoms with Crippen LogP contribution in [0.15, 0.2) is 24.3 Å². The summed E-state index contributed by atoms with van der Waals surface area (Å²) in [6.07, 6.45) is 6.45. The highest BCUT2D eigenvalue weighted by molar-refractivity contribution is 6.17. The quantitative estimate of drug-likeness (QED) is 0.536. The van der Waals surface area contributed by atoms with Crippen molar-refractivity contribution in [3.8, 4) is 0 Å². The Hall–Kier alpha value is -1.02. The van der Waals surface area contributed by atoms with E-state index in [1.165, 1.54) is 19.3 Å². The number of benzene rings is 1. The van der Waals surface area contributed by atoms with Gasteiger partial charge >= 0.3 is 0 Å². The van der Waals surface area contributed by atoms with E-state index < -0.39 is 0 Å². The fraction of sp³-hybridized carbons (Fsp3) is 0.533. The van der Waals surface area contributed by atoms with E-state index in [1.807, 2.05) is 24.3 Å². The summed E-state index contributed by atoms with van der Waals surface area (Å²) in [6, 6.07) is 7.68. The lowest BCUT2D eigenvalue weighted by Gasteiger charge is -2.06. The van der Waals surface area contributed by atoms with Crippen molar-refractivity contribution in [2.45, 2.75) is 51.3 Å². The highest BCUT2D eigenvalue weighted by atomic mass is 35.5. The van der Waals surface area contributed by atoms with Crippen molar-refractivity contribution < 1.29 is 4.79 Å². The van der Waals surface area contributed by atoms with Crippen LogP contribution in [0.3, 0.4) is 0 Å². The van der Waals surface area contributed by atoms with Crippen LogP contribution < -0.4 is 5.32 Å². The summed E-state index contributed by atoms with van der Waals surface area (Å²) >= 11 is 5.75. The summed E-state index contributed by atoms with van der Waals surface area (Å²) in [5.74, 6) is 0.569. The molecule has 1 aromatic carbocycles. The van der Waals surface area contributed by atoms with E-state index in [9.17, 15) is 4.79 Å². The Morgan fingerprint density at radius 3 is 2.72 bits per heavy atom. The number of amides is 1. The van der Waals surface area contributed by atoms with Gasteiger partial charge in [0.05, 0.1) is 0 Å². The van der Waals surface area contributed by atoms with Crippen LogP contribution in [-0.2, 0) is 10.7 Å². The molecule has 0 saturated carbocycles. The number of alkyl halides is 1. The SMILES string of the molecule is CCCCCCCC(=O)Nc1cccc(CCl)c1. The Balaban J connectivity index is 2.26. The standard InChI is InChI=1S/C15H22ClNO/c1-2-3-4-5-6-10-15(18)17-14-9-7-8-13(11-14)12-16/h7-9,11H,2-6,10,12H2,1H3,(H,17,18). The maximum Gasteiger partial charge on any atom is 0.224 e. The molecule has 1 rings (SSSR count). The zero-order valence-electron chi connectivity index (χ0n) is 11.0. The van der Waals surface area contributed by atoms with E-state index in [-0.39, 0.29) is 5.91 Å². The van der Waals surface area contributed by atoms with Crippen LogP contribution in [0.2, 0.25) is 0 Å². The molecule has 0 spiro atoms. The molecule has 0 aliphatic heterocycles. The van der Waals surface area contributed by atoms with Gasteiger partial charge in [-0.3, -0.25) is 4.79 Å². The van der Waals surface area contributed by atoms with Gasteiger partial charge < -0.3 is 5.32 Å². The third kappa shape index (κ3) is 6.06. The lowest BCUT2D eigenvalue weighted by Crippen LogP contribution is -2.11. The maximum absolute atomic E-state index is 11.7. The van der Waals surface area contributed by atoms with Gasteiger partial charge in [0.2, 0.25) is 5.91 Å².